The van der Waals surface area contributed by atoms with Crippen molar-refractivity contribution in [2.45, 2.75) is 30.4 Å². The normalized spacial score (nSPS) is 13.8. The third-order valence-corrected chi connectivity index (χ3v) is 6.47. The number of rotatable bonds is 7. The molecule has 10 heteroatoms. The summed E-state index contributed by atoms with van der Waals surface area (Å²) in [5, 5.41) is -0.107. The van der Waals surface area contributed by atoms with Gasteiger partial charge in [-0.15, -0.1) is 0 Å². The average Bonchev–Trinajstić information content (AvgIpc) is 3.49. The van der Waals surface area contributed by atoms with Crippen LogP contribution in [0.25, 0.3) is 0 Å². The Bertz CT molecular complexity index is 1050. The van der Waals surface area contributed by atoms with E-state index in [1.165, 1.54) is 13.2 Å². The van der Waals surface area contributed by atoms with Crippen LogP contribution in [0.15, 0.2) is 41.3 Å². The maximum Gasteiger partial charge on any atom is 0.340 e. The van der Waals surface area contributed by atoms with Crippen LogP contribution in [-0.4, -0.2) is 33.5 Å². The zero-order valence-corrected chi connectivity index (χ0v) is 17.6. The van der Waals surface area contributed by atoms with Gasteiger partial charge in [0.15, 0.2) is 0 Å². The van der Waals surface area contributed by atoms with Crippen molar-refractivity contribution < 1.29 is 27.5 Å². The van der Waals surface area contributed by atoms with E-state index in [2.05, 4.69) is 9.46 Å². The molecule has 29 heavy (non-hydrogen) atoms. The van der Waals surface area contributed by atoms with E-state index in [0.717, 1.165) is 18.9 Å². The van der Waals surface area contributed by atoms with Gasteiger partial charge in [0, 0.05) is 6.04 Å². The molecule has 0 spiro atoms. The number of carbonyl (C=O) groups excluding carboxylic acids is 2. The molecule has 154 valence electrons. The van der Waals surface area contributed by atoms with Gasteiger partial charge < -0.3 is 9.47 Å². The number of esters is 2. The van der Waals surface area contributed by atoms with Gasteiger partial charge in [0.1, 0.15) is 11.5 Å². The molecule has 7 nitrogen and oxygen atoms in total. The van der Waals surface area contributed by atoms with Crippen LogP contribution in [-0.2, 0) is 26.1 Å². The topological polar surface area (TPSA) is 98.8 Å². The van der Waals surface area contributed by atoms with Crippen molar-refractivity contribution in [2.75, 3.05) is 7.11 Å². The summed E-state index contributed by atoms with van der Waals surface area (Å²) >= 11 is 12.1. The molecular weight excluding hydrogens is 441 g/mol. The minimum absolute atomic E-state index is 0.0218. The number of halogens is 2. The van der Waals surface area contributed by atoms with Crippen LogP contribution in [0.5, 0.6) is 0 Å². The molecule has 0 bridgehead atoms. The standard InChI is InChI=1S/C19H17Cl2NO6S/c1-27-18(23)12-4-2-11(3-5-12)10-28-19(24)14-8-17(16(21)9-15(14)20)29(25,26)22-13-6-7-13/h2-5,8-9,13,22H,6-7,10H2,1H3. The van der Waals surface area contributed by atoms with Gasteiger partial charge in [-0.25, -0.2) is 22.7 Å². The number of methoxy groups -OCH3 is 1. The molecule has 0 aromatic heterocycles. The molecule has 3 rings (SSSR count). The predicted octanol–water partition coefficient (Wildman–Crippen LogP) is 3.58. The van der Waals surface area contributed by atoms with Crippen molar-refractivity contribution in [3.63, 3.8) is 0 Å². The van der Waals surface area contributed by atoms with Crippen LogP contribution < -0.4 is 4.72 Å². The highest BCUT2D eigenvalue weighted by atomic mass is 35.5. The number of hydrogen-bond donors (Lipinski definition) is 1. The van der Waals surface area contributed by atoms with E-state index >= 15 is 0 Å². The van der Waals surface area contributed by atoms with E-state index in [-0.39, 0.29) is 33.2 Å². The van der Waals surface area contributed by atoms with Crippen molar-refractivity contribution in [2.24, 2.45) is 0 Å². The van der Waals surface area contributed by atoms with Gasteiger partial charge in [0.05, 0.1) is 28.3 Å². The zero-order valence-electron chi connectivity index (χ0n) is 15.3. The Morgan fingerprint density at radius 3 is 2.31 bits per heavy atom. The summed E-state index contributed by atoms with van der Waals surface area (Å²) in [7, 11) is -2.59. The van der Waals surface area contributed by atoms with Gasteiger partial charge in [-0.3, -0.25) is 0 Å². The van der Waals surface area contributed by atoms with Crippen LogP contribution in [0.2, 0.25) is 10.0 Å². The van der Waals surface area contributed by atoms with Gasteiger partial charge in [-0.1, -0.05) is 35.3 Å². The van der Waals surface area contributed by atoms with Crippen LogP contribution in [0.1, 0.15) is 39.1 Å². The summed E-state index contributed by atoms with van der Waals surface area (Å²) in [6.07, 6.45) is 1.52. The third kappa shape index (κ3) is 5.27. The van der Waals surface area contributed by atoms with Gasteiger partial charge in [-0.2, -0.15) is 0 Å². The molecule has 0 radical (unpaired) electrons. The van der Waals surface area contributed by atoms with Crippen molar-refractivity contribution in [3.05, 3.63) is 63.1 Å². The molecule has 1 saturated carbocycles. The lowest BCUT2D eigenvalue weighted by Crippen LogP contribution is -2.26. The van der Waals surface area contributed by atoms with E-state index in [9.17, 15) is 18.0 Å². The first-order valence-corrected chi connectivity index (χ1v) is 10.8. The minimum Gasteiger partial charge on any atom is -0.465 e. The summed E-state index contributed by atoms with van der Waals surface area (Å²) in [4.78, 5) is 23.7. The zero-order chi connectivity index (χ0) is 21.2. The summed E-state index contributed by atoms with van der Waals surface area (Å²) < 4.78 is 37.3. The van der Waals surface area contributed by atoms with Crippen LogP contribution in [0.4, 0.5) is 0 Å². The number of hydrogen-bond acceptors (Lipinski definition) is 6. The summed E-state index contributed by atoms with van der Waals surface area (Å²) in [6.45, 7) is -0.0956. The molecule has 0 heterocycles. The highest BCUT2D eigenvalue weighted by molar-refractivity contribution is 7.89. The highest BCUT2D eigenvalue weighted by Gasteiger charge is 2.30. The maximum absolute atomic E-state index is 12.5. The largest absolute Gasteiger partial charge is 0.465 e. The molecule has 0 aliphatic heterocycles. The Balaban J connectivity index is 1.75. The molecule has 0 unspecified atom stereocenters. The first-order chi connectivity index (χ1) is 13.7. The quantitative estimate of drug-likeness (QED) is 0.637. The first-order valence-electron chi connectivity index (χ1n) is 8.57. The van der Waals surface area contributed by atoms with Crippen LogP contribution in [0.3, 0.4) is 0 Å². The number of benzene rings is 2. The molecule has 0 amide bonds. The van der Waals surface area contributed by atoms with Gasteiger partial charge in [0.25, 0.3) is 0 Å². The number of carbonyl (C=O) groups is 2. The second-order valence-electron chi connectivity index (χ2n) is 6.42. The second kappa shape index (κ2) is 8.71. The van der Waals surface area contributed by atoms with Crippen molar-refractivity contribution in [3.8, 4) is 0 Å². The molecule has 2 aromatic rings. The van der Waals surface area contributed by atoms with Gasteiger partial charge >= 0.3 is 11.9 Å². The second-order valence-corrected chi connectivity index (χ2v) is 8.92. The number of nitrogens with one attached hydrogen (secondary N) is 1. The first kappa shape index (κ1) is 21.6. The fraction of sp³-hybridized carbons (Fsp3) is 0.263. The van der Waals surface area contributed by atoms with Crippen molar-refractivity contribution >= 4 is 45.2 Å². The Kier molecular flexibility index (Phi) is 6.48. The third-order valence-electron chi connectivity index (χ3n) is 4.18. The van der Waals surface area contributed by atoms with Crippen molar-refractivity contribution in [1.82, 2.24) is 4.72 Å². The lowest BCUT2D eigenvalue weighted by Gasteiger charge is -2.11. The minimum atomic E-state index is -3.88. The molecule has 0 saturated heterocycles. The molecule has 1 fully saturated rings. The Labute approximate surface area is 178 Å². The molecule has 1 N–H and O–H groups in total. The van der Waals surface area contributed by atoms with Crippen molar-refractivity contribution in [1.29, 1.82) is 0 Å². The summed E-state index contributed by atoms with van der Waals surface area (Å²) in [5.74, 6) is -1.28. The Morgan fingerprint density at radius 2 is 1.72 bits per heavy atom. The van der Waals surface area contributed by atoms with E-state index in [1.807, 2.05) is 0 Å². The monoisotopic (exact) mass is 457 g/mol. The van der Waals surface area contributed by atoms with E-state index in [4.69, 9.17) is 27.9 Å². The predicted molar refractivity (Wildman–Crippen MR) is 107 cm³/mol. The van der Waals surface area contributed by atoms with E-state index in [1.54, 1.807) is 24.3 Å². The van der Waals surface area contributed by atoms with Crippen LogP contribution in [0, 0.1) is 0 Å². The smallest absolute Gasteiger partial charge is 0.340 e. The lowest BCUT2D eigenvalue weighted by molar-refractivity contribution is 0.0471. The van der Waals surface area contributed by atoms with Gasteiger partial charge in [-0.05, 0) is 42.7 Å². The molecule has 2 aromatic carbocycles. The molecule has 1 aliphatic carbocycles. The van der Waals surface area contributed by atoms with E-state index < -0.39 is 22.0 Å². The van der Waals surface area contributed by atoms with Gasteiger partial charge in [0.2, 0.25) is 10.0 Å². The number of ether oxygens (including phenoxy) is 2. The fourth-order valence-corrected chi connectivity index (χ4v) is 4.61. The highest BCUT2D eigenvalue weighted by Crippen LogP contribution is 2.31. The average molecular weight is 458 g/mol. The lowest BCUT2D eigenvalue weighted by atomic mass is 10.1. The van der Waals surface area contributed by atoms with E-state index in [0.29, 0.717) is 11.1 Å². The maximum atomic E-state index is 12.5. The molecule has 1 aliphatic rings. The molecular formula is C19H17Cl2NO6S. The Morgan fingerprint density at radius 1 is 1.07 bits per heavy atom. The summed E-state index contributed by atoms with van der Waals surface area (Å²) in [5.41, 5.74) is 0.874. The molecule has 0 atom stereocenters. The SMILES string of the molecule is COC(=O)c1ccc(COC(=O)c2cc(S(=O)(=O)NC3CC3)c(Cl)cc2Cl)cc1. The summed E-state index contributed by atoms with van der Waals surface area (Å²) in [6, 6.07) is 8.49. The Hall–Kier alpha value is -2.13. The number of sulfonamides is 1. The fourth-order valence-electron chi connectivity index (χ4n) is 2.46. The van der Waals surface area contributed by atoms with Crippen LogP contribution >= 0.6 is 23.2 Å².